The van der Waals surface area contributed by atoms with Crippen molar-refractivity contribution in [1.29, 1.82) is 0 Å². The van der Waals surface area contributed by atoms with E-state index >= 15 is 0 Å². The van der Waals surface area contributed by atoms with E-state index < -0.39 is 0 Å². The largest absolute Gasteiger partial charge is 0.496 e. The zero-order valence-corrected chi connectivity index (χ0v) is 12.5. The average molecular weight is 269 g/mol. The first kappa shape index (κ1) is 15.2. The second-order valence-electron chi connectivity index (χ2n) is 4.19. The Kier molecular flexibility index (Phi) is 6.36. The lowest BCUT2D eigenvalue weighted by Crippen LogP contribution is -2.05. The Hall–Kier alpha value is -0.870. The van der Waals surface area contributed by atoms with Gasteiger partial charge in [-0.25, -0.2) is 0 Å². The molecule has 0 amide bonds. The van der Waals surface area contributed by atoms with Crippen molar-refractivity contribution in [2.24, 2.45) is 5.73 Å². The molecule has 0 radical (unpaired) electrons. The molecule has 0 saturated carbocycles. The molecule has 2 N–H and O–H groups in total. The molecular weight excluding hydrogens is 246 g/mol. The second kappa shape index (κ2) is 7.54. The first-order chi connectivity index (χ1) is 8.65. The molecule has 3 nitrogen and oxygen atoms in total. The molecule has 0 saturated heterocycles. The summed E-state index contributed by atoms with van der Waals surface area (Å²) in [6, 6.07) is 4.09. The minimum absolute atomic E-state index is 0.559. The van der Waals surface area contributed by atoms with Crippen molar-refractivity contribution in [3.8, 4) is 11.5 Å². The van der Waals surface area contributed by atoms with Gasteiger partial charge >= 0.3 is 0 Å². The highest BCUT2D eigenvalue weighted by Gasteiger charge is 2.13. The Bertz CT molecular complexity index is 382. The van der Waals surface area contributed by atoms with Crippen molar-refractivity contribution in [2.45, 2.75) is 36.8 Å². The third-order valence-corrected chi connectivity index (χ3v) is 4.19. The van der Waals surface area contributed by atoms with E-state index in [2.05, 4.69) is 19.9 Å². The molecule has 102 valence electrons. The molecule has 1 aromatic rings. The van der Waals surface area contributed by atoms with E-state index in [1.807, 2.05) is 17.8 Å². The molecule has 0 aliphatic rings. The third kappa shape index (κ3) is 3.82. The molecule has 4 heteroatoms. The highest BCUT2D eigenvalue weighted by atomic mass is 32.2. The smallest absolute Gasteiger partial charge is 0.132 e. The van der Waals surface area contributed by atoms with E-state index in [9.17, 15) is 0 Å². The number of benzene rings is 1. The molecule has 0 heterocycles. The monoisotopic (exact) mass is 269 g/mol. The van der Waals surface area contributed by atoms with Gasteiger partial charge in [-0.1, -0.05) is 13.8 Å². The van der Waals surface area contributed by atoms with Crippen LogP contribution in [0, 0.1) is 0 Å². The van der Waals surface area contributed by atoms with Crippen LogP contribution in [-0.2, 0) is 6.42 Å². The third-order valence-electron chi connectivity index (χ3n) is 2.88. The van der Waals surface area contributed by atoms with Crippen LogP contribution >= 0.6 is 11.8 Å². The van der Waals surface area contributed by atoms with Crippen LogP contribution in [-0.4, -0.2) is 26.0 Å². The molecule has 1 atom stereocenters. The van der Waals surface area contributed by atoms with Crippen LogP contribution < -0.4 is 15.2 Å². The van der Waals surface area contributed by atoms with Crippen LogP contribution in [0.4, 0.5) is 0 Å². The van der Waals surface area contributed by atoms with Crippen LogP contribution in [0.1, 0.15) is 25.8 Å². The van der Waals surface area contributed by atoms with Gasteiger partial charge in [0.2, 0.25) is 0 Å². The van der Waals surface area contributed by atoms with Gasteiger partial charge in [0.1, 0.15) is 11.5 Å². The Morgan fingerprint density at radius 3 is 2.39 bits per heavy atom. The molecule has 0 aliphatic carbocycles. The number of rotatable bonds is 7. The van der Waals surface area contributed by atoms with Crippen LogP contribution in [0.25, 0.3) is 0 Å². The predicted molar refractivity (Wildman–Crippen MR) is 77.9 cm³/mol. The Labute approximate surface area is 114 Å². The second-order valence-corrected chi connectivity index (χ2v) is 5.67. The summed E-state index contributed by atoms with van der Waals surface area (Å²) in [6.45, 7) is 5.01. The van der Waals surface area contributed by atoms with Crippen LogP contribution in [0.5, 0.6) is 11.5 Å². The molecular formula is C14H23NO2S. The summed E-state index contributed by atoms with van der Waals surface area (Å²) >= 11 is 1.81. The van der Waals surface area contributed by atoms with Crippen molar-refractivity contribution < 1.29 is 9.47 Å². The van der Waals surface area contributed by atoms with Crippen LogP contribution in [0.3, 0.4) is 0 Å². The van der Waals surface area contributed by atoms with Crippen molar-refractivity contribution in [3.63, 3.8) is 0 Å². The van der Waals surface area contributed by atoms with E-state index in [1.165, 1.54) is 0 Å². The average Bonchev–Trinajstić information content (AvgIpc) is 2.39. The zero-order valence-electron chi connectivity index (χ0n) is 11.7. The number of nitrogens with two attached hydrogens (primary N) is 1. The summed E-state index contributed by atoms with van der Waals surface area (Å²) in [4.78, 5) is 1.13. The summed E-state index contributed by atoms with van der Waals surface area (Å²) in [5, 5.41) is 0.559. The SMILES string of the molecule is CC[C@@H](C)Sc1cc(OC)c(CCN)cc1OC. The molecule has 0 unspecified atom stereocenters. The number of methoxy groups -OCH3 is 2. The predicted octanol–water partition coefficient (Wildman–Crippen LogP) is 3.10. The maximum absolute atomic E-state index is 5.61. The molecule has 1 aromatic carbocycles. The molecule has 0 fully saturated rings. The van der Waals surface area contributed by atoms with Crippen molar-refractivity contribution in [2.75, 3.05) is 20.8 Å². The minimum Gasteiger partial charge on any atom is -0.496 e. The van der Waals surface area contributed by atoms with E-state index in [-0.39, 0.29) is 0 Å². The van der Waals surface area contributed by atoms with Gasteiger partial charge in [0.15, 0.2) is 0 Å². The van der Waals surface area contributed by atoms with E-state index in [1.54, 1.807) is 14.2 Å². The van der Waals surface area contributed by atoms with Gasteiger partial charge in [0.05, 0.1) is 19.1 Å². The van der Waals surface area contributed by atoms with Gasteiger partial charge in [0.25, 0.3) is 0 Å². The van der Waals surface area contributed by atoms with Crippen molar-refractivity contribution in [3.05, 3.63) is 17.7 Å². The molecule has 0 aromatic heterocycles. The first-order valence-electron chi connectivity index (χ1n) is 6.27. The van der Waals surface area contributed by atoms with E-state index in [0.717, 1.165) is 34.8 Å². The number of thioether (sulfide) groups is 1. The number of hydrogen-bond donors (Lipinski definition) is 1. The van der Waals surface area contributed by atoms with Crippen LogP contribution in [0.15, 0.2) is 17.0 Å². The lowest BCUT2D eigenvalue weighted by molar-refractivity contribution is 0.390. The minimum atomic E-state index is 0.559. The fourth-order valence-electron chi connectivity index (χ4n) is 1.68. The number of ether oxygens (including phenoxy) is 2. The lowest BCUT2D eigenvalue weighted by atomic mass is 10.1. The Morgan fingerprint density at radius 2 is 1.89 bits per heavy atom. The van der Waals surface area contributed by atoms with E-state index in [0.29, 0.717) is 11.8 Å². The molecule has 1 rings (SSSR count). The maximum atomic E-state index is 5.61. The molecule has 0 aliphatic heterocycles. The summed E-state index contributed by atoms with van der Waals surface area (Å²) in [7, 11) is 3.40. The first-order valence-corrected chi connectivity index (χ1v) is 7.15. The quantitative estimate of drug-likeness (QED) is 0.773. The van der Waals surface area contributed by atoms with Crippen molar-refractivity contribution >= 4 is 11.8 Å². The van der Waals surface area contributed by atoms with Gasteiger partial charge in [-0.15, -0.1) is 11.8 Å². The van der Waals surface area contributed by atoms with Gasteiger partial charge in [-0.05, 0) is 37.1 Å². The van der Waals surface area contributed by atoms with Gasteiger partial charge in [-0.3, -0.25) is 0 Å². The normalized spacial score (nSPS) is 12.3. The summed E-state index contributed by atoms with van der Waals surface area (Å²) in [5.74, 6) is 1.80. The highest BCUT2D eigenvalue weighted by molar-refractivity contribution is 8.00. The van der Waals surface area contributed by atoms with Gasteiger partial charge < -0.3 is 15.2 Å². The zero-order chi connectivity index (χ0) is 13.5. The Balaban J connectivity index is 3.09. The Morgan fingerprint density at radius 1 is 1.22 bits per heavy atom. The van der Waals surface area contributed by atoms with Gasteiger partial charge in [0, 0.05) is 5.25 Å². The number of hydrogen-bond acceptors (Lipinski definition) is 4. The highest BCUT2D eigenvalue weighted by Crippen LogP contribution is 2.38. The topological polar surface area (TPSA) is 44.5 Å². The summed E-state index contributed by atoms with van der Waals surface area (Å²) in [5.41, 5.74) is 6.72. The van der Waals surface area contributed by atoms with E-state index in [4.69, 9.17) is 15.2 Å². The summed E-state index contributed by atoms with van der Waals surface area (Å²) < 4.78 is 10.9. The fourth-order valence-corrected chi connectivity index (χ4v) is 2.71. The van der Waals surface area contributed by atoms with Crippen molar-refractivity contribution in [1.82, 2.24) is 0 Å². The molecule has 18 heavy (non-hydrogen) atoms. The lowest BCUT2D eigenvalue weighted by Gasteiger charge is -2.16. The van der Waals surface area contributed by atoms with Gasteiger partial charge in [-0.2, -0.15) is 0 Å². The summed E-state index contributed by atoms with van der Waals surface area (Å²) in [6.07, 6.45) is 1.93. The fraction of sp³-hybridized carbons (Fsp3) is 0.571. The molecule has 0 spiro atoms. The maximum Gasteiger partial charge on any atom is 0.132 e. The standard InChI is InChI=1S/C14H23NO2S/c1-5-10(2)18-14-9-12(16-3)11(6-7-15)8-13(14)17-4/h8-10H,5-7,15H2,1-4H3/t10-/m1/s1. The van der Waals surface area contributed by atoms with Crippen LogP contribution in [0.2, 0.25) is 0 Å². The molecule has 0 bridgehead atoms.